The lowest BCUT2D eigenvalue weighted by Crippen LogP contribution is -2.43. The number of nitrogens with zero attached hydrogens (tertiary/aromatic N) is 4. The molecule has 2 aromatic rings. The number of Topliss-reactive ketones (excluding diaryl/α,β-unsaturated/α-hetero) is 1. The average molecular weight is 353 g/mol. The first kappa shape index (κ1) is 18.0. The minimum Gasteiger partial charge on any atom is -0.368 e. The number of piperidine rings is 1. The van der Waals surface area contributed by atoms with E-state index in [9.17, 15) is 9.59 Å². The molecule has 3 rings (SSSR count). The highest BCUT2D eigenvalue weighted by Gasteiger charge is 2.30. The maximum absolute atomic E-state index is 12.8. The number of nitrogens with two attached hydrogens (primary N) is 1. The number of ketones is 1. The summed E-state index contributed by atoms with van der Waals surface area (Å²) in [6.45, 7) is 4.76. The number of carbonyl (C=O) groups is 2. The number of pyridine rings is 1. The summed E-state index contributed by atoms with van der Waals surface area (Å²) < 4.78 is 0. The highest BCUT2D eigenvalue weighted by molar-refractivity contribution is 5.96. The van der Waals surface area contributed by atoms with Gasteiger partial charge in [0.15, 0.2) is 5.78 Å². The summed E-state index contributed by atoms with van der Waals surface area (Å²) in [6.07, 6.45) is 3.43. The molecule has 0 aromatic carbocycles. The van der Waals surface area contributed by atoms with Crippen molar-refractivity contribution in [2.75, 3.05) is 18.8 Å². The van der Waals surface area contributed by atoms with Gasteiger partial charge in [-0.15, -0.1) is 0 Å². The molecule has 2 N–H and O–H groups in total. The molecule has 1 atom stereocenters. The minimum absolute atomic E-state index is 0.00581. The van der Waals surface area contributed by atoms with Crippen LogP contribution in [0.1, 0.15) is 40.3 Å². The van der Waals surface area contributed by atoms with Crippen LogP contribution in [-0.4, -0.2) is 44.6 Å². The summed E-state index contributed by atoms with van der Waals surface area (Å²) in [4.78, 5) is 39.6. The van der Waals surface area contributed by atoms with Gasteiger partial charge in [-0.1, -0.05) is 6.07 Å². The Morgan fingerprint density at radius 2 is 1.96 bits per heavy atom. The van der Waals surface area contributed by atoms with Gasteiger partial charge < -0.3 is 10.6 Å². The first-order valence-electron chi connectivity index (χ1n) is 8.78. The van der Waals surface area contributed by atoms with E-state index in [1.807, 2.05) is 13.8 Å². The molecule has 0 radical (unpaired) electrons. The van der Waals surface area contributed by atoms with Gasteiger partial charge in [-0.2, -0.15) is 0 Å². The van der Waals surface area contributed by atoms with Crippen LogP contribution >= 0.6 is 0 Å². The Bertz CT molecular complexity index is 799. The third-order valence-corrected chi connectivity index (χ3v) is 4.83. The van der Waals surface area contributed by atoms with Gasteiger partial charge >= 0.3 is 0 Å². The molecule has 7 heteroatoms. The van der Waals surface area contributed by atoms with Crippen LogP contribution in [0.25, 0.3) is 0 Å². The van der Waals surface area contributed by atoms with E-state index in [0.717, 1.165) is 29.8 Å². The number of hydrogen-bond acceptors (Lipinski definition) is 6. The zero-order valence-electron chi connectivity index (χ0n) is 15.1. The fraction of sp³-hybridized carbons (Fsp3) is 0.421. The Labute approximate surface area is 152 Å². The van der Waals surface area contributed by atoms with E-state index in [1.54, 1.807) is 29.3 Å². The topological polar surface area (TPSA) is 102 Å². The van der Waals surface area contributed by atoms with Crippen LogP contribution in [0, 0.1) is 19.8 Å². The Hall–Kier alpha value is -2.83. The fourth-order valence-electron chi connectivity index (χ4n) is 3.42. The molecule has 2 aromatic heterocycles. The minimum atomic E-state index is -0.201. The first-order valence-corrected chi connectivity index (χ1v) is 8.78. The second-order valence-corrected chi connectivity index (χ2v) is 6.67. The van der Waals surface area contributed by atoms with E-state index in [0.29, 0.717) is 18.8 Å². The average Bonchev–Trinajstić information content (AvgIpc) is 2.64. The van der Waals surface area contributed by atoms with E-state index in [2.05, 4.69) is 15.0 Å². The third kappa shape index (κ3) is 3.87. The summed E-state index contributed by atoms with van der Waals surface area (Å²) in [5, 5.41) is 0. The number of nitrogen functional groups attached to an aromatic ring is 1. The highest BCUT2D eigenvalue weighted by Crippen LogP contribution is 2.22. The molecule has 7 nitrogen and oxygen atoms in total. The van der Waals surface area contributed by atoms with Crippen molar-refractivity contribution in [3.8, 4) is 0 Å². The summed E-state index contributed by atoms with van der Waals surface area (Å²) in [5.74, 6) is 0.0111. The number of aromatic nitrogens is 3. The molecule has 3 heterocycles. The Morgan fingerprint density at radius 3 is 2.62 bits per heavy atom. The van der Waals surface area contributed by atoms with Crippen LogP contribution in [0.5, 0.6) is 0 Å². The number of anilines is 1. The maximum atomic E-state index is 12.8. The zero-order valence-corrected chi connectivity index (χ0v) is 15.1. The van der Waals surface area contributed by atoms with Gasteiger partial charge in [0.2, 0.25) is 11.9 Å². The highest BCUT2D eigenvalue weighted by atomic mass is 16.2. The second-order valence-electron chi connectivity index (χ2n) is 6.67. The quantitative estimate of drug-likeness (QED) is 0.840. The summed E-state index contributed by atoms with van der Waals surface area (Å²) in [5.41, 5.74) is 8.37. The molecular weight excluding hydrogens is 330 g/mol. The molecule has 0 aliphatic carbocycles. The van der Waals surface area contributed by atoms with Crippen molar-refractivity contribution in [2.24, 2.45) is 5.92 Å². The first-order chi connectivity index (χ1) is 12.5. The number of hydrogen-bond donors (Lipinski definition) is 1. The van der Waals surface area contributed by atoms with Crippen molar-refractivity contribution in [3.05, 3.63) is 47.0 Å². The van der Waals surface area contributed by atoms with Gasteiger partial charge in [0, 0.05) is 42.2 Å². The lowest BCUT2D eigenvalue weighted by atomic mass is 9.91. The predicted octanol–water partition coefficient (Wildman–Crippen LogP) is 1.73. The van der Waals surface area contributed by atoms with Crippen molar-refractivity contribution >= 4 is 17.6 Å². The van der Waals surface area contributed by atoms with E-state index < -0.39 is 0 Å². The Balaban J connectivity index is 1.70. The number of carbonyl (C=O) groups excluding carboxylic acids is 2. The summed E-state index contributed by atoms with van der Waals surface area (Å²) >= 11 is 0. The van der Waals surface area contributed by atoms with Crippen LogP contribution in [0.2, 0.25) is 0 Å². The molecule has 1 amide bonds. The number of likely N-dealkylation sites (tertiary alicyclic amines) is 1. The van der Waals surface area contributed by atoms with Gasteiger partial charge in [-0.25, -0.2) is 9.97 Å². The number of amides is 1. The summed E-state index contributed by atoms with van der Waals surface area (Å²) in [6, 6.07) is 5.31. The van der Waals surface area contributed by atoms with Crippen molar-refractivity contribution in [3.63, 3.8) is 0 Å². The van der Waals surface area contributed by atoms with Crippen LogP contribution in [-0.2, 0) is 11.2 Å². The smallest absolute Gasteiger partial charge is 0.227 e. The van der Waals surface area contributed by atoms with Gasteiger partial charge in [0.25, 0.3) is 0 Å². The molecule has 0 spiro atoms. The van der Waals surface area contributed by atoms with E-state index in [4.69, 9.17) is 5.73 Å². The second kappa shape index (κ2) is 7.59. The van der Waals surface area contributed by atoms with Gasteiger partial charge in [-0.05, 0) is 38.8 Å². The van der Waals surface area contributed by atoms with E-state index >= 15 is 0 Å². The lowest BCUT2D eigenvalue weighted by Gasteiger charge is -2.32. The lowest BCUT2D eigenvalue weighted by molar-refractivity contribution is -0.131. The van der Waals surface area contributed by atoms with Crippen LogP contribution in [0.4, 0.5) is 5.95 Å². The zero-order chi connectivity index (χ0) is 18.7. The molecule has 0 bridgehead atoms. The van der Waals surface area contributed by atoms with Crippen molar-refractivity contribution in [2.45, 2.75) is 33.1 Å². The van der Waals surface area contributed by atoms with Crippen molar-refractivity contribution in [1.82, 2.24) is 19.9 Å². The van der Waals surface area contributed by atoms with Crippen molar-refractivity contribution in [1.29, 1.82) is 0 Å². The van der Waals surface area contributed by atoms with Crippen LogP contribution in [0.3, 0.4) is 0 Å². The Kier molecular flexibility index (Phi) is 5.25. The van der Waals surface area contributed by atoms with Gasteiger partial charge in [0.1, 0.15) is 5.69 Å². The molecule has 0 unspecified atom stereocenters. The largest absolute Gasteiger partial charge is 0.368 e. The normalized spacial score (nSPS) is 17.2. The molecule has 0 saturated carbocycles. The SMILES string of the molecule is Cc1nc(N)nc(C)c1CC(=O)N1CCC[C@H](C(=O)c2ccccn2)C1. The molecule has 26 heavy (non-hydrogen) atoms. The molecule has 1 saturated heterocycles. The predicted molar refractivity (Wildman–Crippen MR) is 97.5 cm³/mol. The van der Waals surface area contributed by atoms with E-state index in [1.165, 1.54) is 0 Å². The van der Waals surface area contributed by atoms with Gasteiger partial charge in [0.05, 0.1) is 6.42 Å². The summed E-state index contributed by atoms with van der Waals surface area (Å²) in [7, 11) is 0. The third-order valence-electron chi connectivity index (χ3n) is 4.83. The van der Waals surface area contributed by atoms with Crippen LogP contribution < -0.4 is 5.73 Å². The molecule has 1 aliphatic rings. The van der Waals surface area contributed by atoms with Crippen molar-refractivity contribution < 1.29 is 9.59 Å². The fourth-order valence-corrected chi connectivity index (χ4v) is 3.42. The van der Waals surface area contributed by atoms with E-state index in [-0.39, 0.29) is 30.0 Å². The standard InChI is InChI=1S/C19H23N5O2/c1-12-15(13(2)23-19(20)22-12)10-17(25)24-9-5-6-14(11-24)18(26)16-7-3-4-8-21-16/h3-4,7-8,14H,5-6,9-11H2,1-2H3,(H2,20,22,23)/t14-/m0/s1. The number of aryl methyl sites for hydroxylation is 2. The van der Waals surface area contributed by atoms with Crippen LogP contribution in [0.15, 0.2) is 24.4 Å². The maximum Gasteiger partial charge on any atom is 0.227 e. The Morgan fingerprint density at radius 1 is 1.23 bits per heavy atom. The molecular formula is C19H23N5O2. The monoisotopic (exact) mass is 353 g/mol. The molecule has 1 aliphatic heterocycles. The van der Waals surface area contributed by atoms with Gasteiger partial charge in [-0.3, -0.25) is 14.6 Å². The molecule has 136 valence electrons. The molecule has 1 fully saturated rings. The number of rotatable bonds is 4.